The Hall–Kier alpha value is -0.0500. The third kappa shape index (κ3) is 2.81. The van der Waals surface area contributed by atoms with Gasteiger partial charge < -0.3 is 5.73 Å². The van der Waals surface area contributed by atoms with E-state index in [9.17, 15) is 0 Å². The van der Waals surface area contributed by atoms with Gasteiger partial charge in [0, 0.05) is 9.75 Å². The highest BCUT2D eigenvalue weighted by atomic mass is 35.5. The normalized spacial score (nSPS) is 9.36. The van der Waals surface area contributed by atoms with Crippen molar-refractivity contribution >= 4 is 23.7 Å². The second-order valence-electron chi connectivity index (χ2n) is 2.48. The van der Waals surface area contributed by atoms with Crippen LogP contribution in [0.1, 0.15) is 15.3 Å². The molecule has 1 rings (SSSR count). The molecule has 0 radical (unpaired) electrons. The van der Waals surface area contributed by atoms with Gasteiger partial charge in [0.25, 0.3) is 0 Å². The van der Waals surface area contributed by atoms with E-state index in [1.165, 1.54) is 15.3 Å². The Kier molecular flexibility index (Phi) is 4.73. The number of aryl methyl sites for hydroxylation is 2. The second kappa shape index (κ2) is 4.75. The third-order valence-corrected chi connectivity index (χ3v) is 2.57. The molecule has 0 saturated heterocycles. The van der Waals surface area contributed by atoms with Gasteiger partial charge in [-0.1, -0.05) is 0 Å². The van der Waals surface area contributed by atoms with E-state index >= 15 is 0 Å². The molecule has 11 heavy (non-hydrogen) atoms. The molecule has 0 atom stereocenters. The SMILES string of the molecule is Cc1cc(CCN)c(C)s1.Cl. The monoisotopic (exact) mass is 191 g/mol. The highest BCUT2D eigenvalue weighted by Gasteiger charge is 1.99. The maximum absolute atomic E-state index is 5.44. The standard InChI is InChI=1S/C8H13NS.ClH/c1-6-5-8(3-4-9)7(2)10-6;/h5H,3-4,9H2,1-2H3;1H. The van der Waals surface area contributed by atoms with Crippen molar-refractivity contribution in [3.8, 4) is 0 Å². The zero-order valence-corrected chi connectivity index (χ0v) is 8.52. The van der Waals surface area contributed by atoms with Gasteiger partial charge in [-0.15, -0.1) is 23.7 Å². The molecule has 0 saturated carbocycles. The van der Waals surface area contributed by atoms with Crippen molar-refractivity contribution < 1.29 is 0 Å². The van der Waals surface area contributed by atoms with Gasteiger partial charge in [-0.3, -0.25) is 0 Å². The molecule has 0 aliphatic heterocycles. The van der Waals surface area contributed by atoms with Crippen LogP contribution in [0.15, 0.2) is 6.07 Å². The van der Waals surface area contributed by atoms with Crippen LogP contribution in [-0.4, -0.2) is 6.54 Å². The summed E-state index contributed by atoms with van der Waals surface area (Å²) < 4.78 is 0. The van der Waals surface area contributed by atoms with Crippen LogP contribution < -0.4 is 5.73 Å². The Balaban J connectivity index is 0.000001000. The van der Waals surface area contributed by atoms with Crippen molar-refractivity contribution in [2.24, 2.45) is 5.73 Å². The molecule has 0 fully saturated rings. The first-order valence-electron chi connectivity index (χ1n) is 3.50. The number of rotatable bonds is 2. The highest BCUT2D eigenvalue weighted by Crippen LogP contribution is 2.20. The minimum atomic E-state index is 0. The quantitative estimate of drug-likeness (QED) is 0.763. The van der Waals surface area contributed by atoms with Crippen molar-refractivity contribution in [2.45, 2.75) is 20.3 Å². The molecule has 1 heterocycles. The zero-order chi connectivity index (χ0) is 7.56. The molecule has 0 spiro atoms. The van der Waals surface area contributed by atoms with Crippen LogP contribution in [0.5, 0.6) is 0 Å². The second-order valence-corrected chi connectivity index (χ2v) is 3.94. The van der Waals surface area contributed by atoms with E-state index in [0.29, 0.717) is 0 Å². The molecule has 0 bridgehead atoms. The first kappa shape index (κ1) is 11.0. The lowest BCUT2D eigenvalue weighted by atomic mass is 10.2. The van der Waals surface area contributed by atoms with Gasteiger partial charge in [0.1, 0.15) is 0 Å². The van der Waals surface area contributed by atoms with E-state index in [2.05, 4.69) is 19.9 Å². The molecule has 0 aliphatic carbocycles. The number of thiophene rings is 1. The van der Waals surface area contributed by atoms with Crippen molar-refractivity contribution in [1.82, 2.24) is 0 Å². The fourth-order valence-electron chi connectivity index (χ4n) is 1.09. The molecule has 3 heteroatoms. The molecule has 1 aromatic rings. The summed E-state index contributed by atoms with van der Waals surface area (Å²) in [6.45, 7) is 5.05. The van der Waals surface area contributed by atoms with Crippen LogP contribution in [0.3, 0.4) is 0 Å². The van der Waals surface area contributed by atoms with Crippen molar-refractivity contribution in [3.05, 3.63) is 21.4 Å². The van der Waals surface area contributed by atoms with Gasteiger partial charge in [-0.2, -0.15) is 0 Å². The zero-order valence-electron chi connectivity index (χ0n) is 6.89. The van der Waals surface area contributed by atoms with Crippen LogP contribution in [-0.2, 0) is 6.42 Å². The van der Waals surface area contributed by atoms with Gasteiger partial charge in [0.05, 0.1) is 0 Å². The Morgan fingerprint density at radius 1 is 1.45 bits per heavy atom. The topological polar surface area (TPSA) is 26.0 Å². The van der Waals surface area contributed by atoms with E-state index in [4.69, 9.17) is 5.73 Å². The first-order valence-corrected chi connectivity index (χ1v) is 4.31. The van der Waals surface area contributed by atoms with Gasteiger partial charge in [-0.05, 0) is 38.4 Å². The predicted molar refractivity (Wildman–Crippen MR) is 53.8 cm³/mol. The Labute approximate surface area is 78.0 Å². The van der Waals surface area contributed by atoms with E-state index in [-0.39, 0.29) is 12.4 Å². The summed E-state index contributed by atoms with van der Waals surface area (Å²) >= 11 is 1.85. The number of nitrogens with two attached hydrogens (primary N) is 1. The summed E-state index contributed by atoms with van der Waals surface area (Å²) in [4.78, 5) is 2.81. The Morgan fingerprint density at radius 3 is 2.45 bits per heavy atom. The molecule has 1 nitrogen and oxygen atoms in total. The summed E-state index contributed by atoms with van der Waals surface area (Å²) in [6.07, 6.45) is 1.02. The lowest BCUT2D eigenvalue weighted by Gasteiger charge is -1.92. The van der Waals surface area contributed by atoms with Crippen LogP contribution in [0, 0.1) is 13.8 Å². The van der Waals surface area contributed by atoms with Crippen molar-refractivity contribution in [3.63, 3.8) is 0 Å². The average Bonchev–Trinajstić information content (AvgIpc) is 2.13. The van der Waals surface area contributed by atoms with Gasteiger partial charge in [0.15, 0.2) is 0 Å². The molecule has 2 N–H and O–H groups in total. The number of hydrogen-bond acceptors (Lipinski definition) is 2. The number of hydrogen-bond donors (Lipinski definition) is 1. The van der Waals surface area contributed by atoms with E-state index in [1.54, 1.807) is 0 Å². The largest absolute Gasteiger partial charge is 0.330 e. The van der Waals surface area contributed by atoms with E-state index in [1.807, 2.05) is 11.3 Å². The van der Waals surface area contributed by atoms with E-state index < -0.39 is 0 Å². The fraction of sp³-hybridized carbons (Fsp3) is 0.500. The minimum absolute atomic E-state index is 0. The smallest absolute Gasteiger partial charge is 0.00495 e. The molecule has 0 amide bonds. The summed E-state index contributed by atoms with van der Waals surface area (Å²) in [6, 6.07) is 2.23. The summed E-state index contributed by atoms with van der Waals surface area (Å²) in [7, 11) is 0. The lowest BCUT2D eigenvalue weighted by Crippen LogP contribution is -2.02. The molecular formula is C8H14ClNS. The number of halogens is 1. The minimum Gasteiger partial charge on any atom is -0.330 e. The molecular weight excluding hydrogens is 178 g/mol. The maximum Gasteiger partial charge on any atom is 0.00495 e. The van der Waals surface area contributed by atoms with Crippen molar-refractivity contribution in [1.29, 1.82) is 0 Å². The first-order chi connectivity index (χ1) is 4.74. The molecule has 1 aromatic heterocycles. The molecule has 64 valence electrons. The molecule has 0 aromatic carbocycles. The molecule has 0 unspecified atom stereocenters. The Bertz CT molecular complexity index is 220. The third-order valence-electron chi connectivity index (χ3n) is 1.56. The molecule has 0 aliphatic rings. The van der Waals surface area contributed by atoms with Gasteiger partial charge >= 0.3 is 0 Å². The Morgan fingerprint density at radius 2 is 2.09 bits per heavy atom. The van der Waals surface area contributed by atoms with E-state index in [0.717, 1.165) is 13.0 Å². The van der Waals surface area contributed by atoms with Crippen LogP contribution in [0.25, 0.3) is 0 Å². The van der Waals surface area contributed by atoms with Crippen molar-refractivity contribution in [2.75, 3.05) is 6.54 Å². The predicted octanol–water partition coefficient (Wildman–Crippen LogP) is 2.29. The van der Waals surface area contributed by atoms with Gasteiger partial charge in [-0.25, -0.2) is 0 Å². The fourth-order valence-corrected chi connectivity index (χ4v) is 2.06. The average molecular weight is 192 g/mol. The van der Waals surface area contributed by atoms with Crippen LogP contribution >= 0.6 is 23.7 Å². The summed E-state index contributed by atoms with van der Waals surface area (Å²) in [5.74, 6) is 0. The maximum atomic E-state index is 5.44. The van der Waals surface area contributed by atoms with Gasteiger partial charge in [0.2, 0.25) is 0 Å². The summed E-state index contributed by atoms with van der Waals surface area (Å²) in [5, 5.41) is 0. The van der Waals surface area contributed by atoms with Crippen LogP contribution in [0.4, 0.5) is 0 Å². The lowest BCUT2D eigenvalue weighted by molar-refractivity contribution is 0.966. The van der Waals surface area contributed by atoms with Crippen LogP contribution in [0.2, 0.25) is 0 Å². The summed E-state index contributed by atoms with van der Waals surface area (Å²) in [5.41, 5.74) is 6.86. The highest BCUT2D eigenvalue weighted by molar-refractivity contribution is 7.12.